The Morgan fingerprint density at radius 2 is 2.09 bits per heavy atom. The highest BCUT2D eigenvalue weighted by molar-refractivity contribution is 6.32. The average molecular weight is 175 g/mol. The lowest BCUT2D eigenvalue weighted by atomic mass is 10.2. The quantitative estimate of drug-likeness (QED) is 0.636. The zero-order chi connectivity index (χ0) is 8.43. The Balaban J connectivity index is 3.24. The molecule has 1 nitrogen and oxygen atoms in total. The molecular weight excluding hydrogens is 167 g/mol. The van der Waals surface area contributed by atoms with Crippen LogP contribution in [0.5, 0.6) is 5.75 Å². The van der Waals surface area contributed by atoms with Crippen LogP contribution in [0.3, 0.4) is 0 Å². The van der Waals surface area contributed by atoms with Crippen molar-refractivity contribution in [2.24, 2.45) is 0 Å². The average Bonchev–Trinajstić information content (AvgIpc) is 1.96. The minimum Gasteiger partial charge on any atom is -0.495 e. The van der Waals surface area contributed by atoms with Crippen molar-refractivity contribution in [3.8, 4) is 5.75 Å². The predicted octanol–water partition coefficient (Wildman–Crippen LogP) is 2.80. The van der Waals surface area contributed by atoms with Crippen molar-refractivity contribution in [1.29, 1.82) is 0 Å². The second-order valence-electron chi connectivity index (χ2n) is 2.24. The molecule has 0 N–H and O–H groups in total. The maximum Gasteiger partial charge on any atom is 0.140 e. The number of aryl methyl sites for hydroxylation is 1. The molecule has 0 spiro atoms. The van der Waals surface area contributed by atoms with Gasteiger partial charge in [0, 0.05) is 6.07 Å². The van der Waals surface area contributed by atoms with E-state index in [0.29, 0.717) is 16.3 Å². The van der Waals surface area contributed by atoms with E-state index in [2.05, 4.69) is 0 Å². The zero-order valence-electron chi connectivity index (χ0n) is 6.32. The van der Waals surface area contributed by atoms with E-state index in [1.54, 1.807) is 6.92 Å². The molecule has 1 aromatic rings. The molecule has 0 heterocycles. The van der Waals surface area contributed by atoms with Crippen molar-refractivity contribution >= 4 is 11.6 Å². The molecule has 1 aromatic carbocycles. The van der Waals surface area contributed by atoms with Crippen molar-refractivity contribution in [2.45, 2.75) is 6.92 Å². The normalized spacial score (nSPS) is 9.82. The first-order chi connectivity index (χ1) is 5.15. The van der Waals surface area contributed by atoms with Gasteiger partial charge in [0.05, 0.1) is 12.1 Å². The van der Waals surface area contributed by atoms with E-state index in [9.17, 15) is 4.39 Å². The van der Waals surface area contributed by atoms with Gasteiger partial charge in [-0.1, -0.05) is 11.6 Å². The lowest BCUT2D eigenvalue weighted by molar-refractivity contribution is 0.411. The number of methoxy groups -OCH3 is 1. The van der Waals surface area contributed by atoms with E-state index < -0.39 is 0 Å². The van der Waals surface area contributed by atoms with Crippen LogP contribution in [-0.4, -0.2) is 7.11 Å². The first kappa shape index (κ1) is 8.34. The van der Waals surface area contributed by atoms with Crippen molar-refractivity contribution in [1.82, 2.24) is 0 Å². The maximum absolute atomic E-state index is 12.7. The van der Waals surface area contributed by atoms with Gasteiger partial charge < -0.3 is 4.74 Å². The molecule has 0 unspecified atom stereocenters. The molecule has 3 heteroatoms. The topological polar surface area (TPSA) is 9.23 Å². The minimum absolute atomic E-state index is 0.330. The third kappa shape index (κ3) is 1.63. The van der Waals surface area contributed by atoms with Crippen LogP contribution < -0.4 is 4.74 Å². The van der Waals surface area contributed by atoms with Crippen LogP contribution in [0.15, 0.2) is 12.1 Å². The van der Waals surface area contributed by atoms with Gasteiger partial charge in [0.1, 0.15) is 11.6 Å². The van der Waals surface area contributed by atoms with Crippen molar-refractivity contribution < 1.29 is 9.13 Å². The van der Waals surface area contributed by atoms with Gasteiger partial charge in [0.15, 0.2) is 0 Å². The molecule has 0 fully saturated rings. The number of hydrogen-bond acceptors (Lipinski definition) is 1. The van der Waals surface area contributed by atoms with Crippen LogP contribution in [0.1, 0.15) is 5.56 Å². The zero-order valence-corrected chi connectivity index (χ0v) is 7.07. The summed E-state index contributed by atoms with van der Waals surface area (Å²) in [5.41, 5.74) is 0.684. The van der Waals surface area contributed by atoms with E-state index in [1.165, 1.54) is 19.2 Å². The second-order valence-corrected chi connectivity index (χ2v) is 2.62. The SMILES string of the molecule is COc1cc(F)cc(C)c1Cl. The molecule has 0 aromatic heterocycles. The van der Waals surface area contributed by atoms with Gasteiger partial charge in [-0.25, -0.2) is 4.39 Å². The Hall–Kier alpha value is -0.760. The summed E-state index contributed by atoms with van der Waals surface area (Å²) in [5.74, 6) is 0.0490. The molecule has 0 aliphatic carbocycles. The molecular formula is C8H8ClFO. The van der Waals surface area contributed by atoms with Gasteiger partial charge in [-0.2, -0.15) is 0 Å². The summed E-state index contributed by atoms with van der Waals surface area (Å²) in [7, 11) is 1.46. The summed E-state index contributed by atoms with van der Waals surface area (Å²) in [6.45, 7) is 1.73. The Kier molecular flexibility index (Phi) is 2.35. The summed E-state index contributed by atoms with van der Waals surface area (Å²) in [4.78, 5) is 0. The number of hydrogen-bond donors (Lipinski definition) is 0. The van der Waals surface area contributed by atoms with Crippen molar-refractivity contribution in [2.75, 3.05) is 7.11 Å². The Bertz CT molecular complexity index is 273. The Morgan fingerprint density at radius 1 is 1.45 bits per heavy atom. The Morgan fingerprint density at radius 3 is 2.64 bits per heavy atom. The number of ether oxygens (including phenoxy) is 1. The van der Waals surface area contributed by atoms with Gasteiger partial charge in [-0.3, -0.25) is 0 Å². The number of benzene rings is 1. The highest BCUT2D eigenvalue weighted by Crippen LogP contribution is 2.28. The summed E-state index contributed by atoms with van der Waals surface area (Å²) in [6, 6.07) is 2.63. The Labute approximate surface area is 69.7 Å². The standard InChI is InChI=1S/C8H8ClFO/c1-5-3-6(10)4-7(11-2)8(5)9/h3-4H,1-2H3. The molecule has 0 saturated carbocycles. The summed E-state index contributed by atoms with van der Waals surface area (Å²) in [6.07, 6.45) is 0. The highest BCUT2D eigenvalue weighted by atomic mass is 35.5. The molecule has 11 heavy (non-hydrogen) atoms. The fourth-order valence-corrected chi connectivity index (χ4v) is 1.03. The van der Waals surface area contributed by atoms with Gasteiger partial charge in [0.25, 0.3) is 0 Å². The van der Waals surface area contributed by atoms with Crippen molar-refractivity contribution in [3.05, 3.63) is 28.5 Å². The summed E-state index contributed by atoms with van der Waals surface area (Å²) >= 11 is 5.77. The van der Waals surface area contributed by atoms with E-state index in [4.69, 9.17) is 16.3 Å². The third-order valence-electron chi connectivity index (χ3n) is 1.41. The molecule has 0 bridgehead atoms. The first-order valence-electron chi connectivity index (χ1n) is 3.15. The monoisotopic (exact) mass is 174 g/mol. The molecule has 0 aliphatic heterocycles. The third-order valence-corrected chi connectivity index (χ3v) is 1.89. The van der Waals surface area contributed by atoms with Gasteiger partial charge in [-0.15, -0.1) is 0 Å². The van der Waals surface area contributed by atoms with E-state index in [-0.39, 0.29) is 5.82 Å². The number of halogens is 2. The van der Waals surface area contributed by atoms with Crippen LogP contribution in [0.25, 0.3) is 0 Å². The number of rotatable bonds is 1. The molecule has 0 amide bonds. The minimum atomic E-state index is -0.330. The van der Waals surface area contributed by atoms with E-state index >= 15 is 0 Å². The molecule has 0 saturated heterocycles. The maximum atomic E-state index is 12.7. The first-order valence-corrected chi connectivity index (χ1v) is 3.52. The van der Waals surface area contributed by atoms with Crippen LogP contribution in [-0.2, 0) is 0 Å². The van der Waals surface area contributed by atoms with Crippen LogP contribution >= 0.6 is 11.6 Å². The van der Waals surface area contributed by atoms with Crippen LogP contribution in [0.4, 0.5) is 4.39 Å². The summed E-state index contributed by atoms with van der Waals surface area (Å²) < 4.78 is 17.5. The highest BCUT2D eigenvalue weighted by Gasteiger charge is 2.05. The van der Waals surface area contributed by atoms with Crippen molar-refractivity contribution in [3.63, 3.8) is 0 Å². The van der Waals surface area contributed by atoms with Gasteiger partial charge >= 0.3 is 0 Å². The lowest BCUT2D eigenvalue weighted by Crippen LogP contribution is -1.88. The fourth-order valence-electron chi connectivity index (χ4n) is 0.843. The van der Waals surface area contributed by atoms with Gasteiger partial charge in [-0.05, 0) is 18.6 Å². The van der Waals surface area contributed by atoms with E-state index in [1.807, 2.05) is 0 Å². The van der Waals surface area contributed by atoms with E-state index in [0.717, 1.165) is 0 Å². The molecule has 1 rings (SSSR count). The fraction of sp³-hybridized carbons (Fsp3) is 0.250. The van der Waals surface area contributed by atoms with Crippen LogP contribution in [0, 0.1) is 12.7 Å². The molecule has 0 atom stereocenters. The van der Waals surface area contributed by atoms with Gasteiger partial charge in [0.2, 0.25) is 0 Å². The second kappa shape index (κ2) is 3.09. The summed E-state index contributed by atoms with van der Waals surface area (Å²) in [5, 5.41) is 0.467. The predicted molar refractivity (Wildman–Crippen MR) is 42.7 cm³/mol. The molecule has 0 radical (unpaired) electrons. The van der Waals surface area contributed by atoms with Crippen LogP contribution in [0.2, 0.25) is 5.02 Å². The smallest absolute Gasteiger partial charge is 0.140 e. The molecule has 0 aliphatic rings. The molecule has 60 valence electrons. The lowest BCUT2D eigenvalue weighted by Gasteiger charge is -2.04. The largest absolute Gasteiger partial charge is 0.495 e.